The molecule has 0 unspecified atom stereocenters. The molecule has 2 aliphatic rings. The number of thiazole rings is 1. The van der Waals surface area contributed by atoms with Gasteiger partial charge in [0.1, 0.15) is 11.6 Å². The Kier molecular flexibility index (Phi) is 7.80. The molecule has 2 fully saturated rings. The predicted octanol–water partition coefficient (Wildman–Crippen LogP) is 5.97. The maximum atomic E-state index is 14.5. The van der Waals surface area contributed by atoms with Crippen molar-refractivity contribution in [1.82, 2.24) is 9.97 Å². The number of aliphatic carboxylic acids is 1. The van der Waals surface area contributed by atoms with E-state index in [1.165, 1.54) is 23.5 Å². The van der Waals surface area contributed by atoms with E-state index in [0.717, 1.165) is 36.0 Å². The lowest BCUT2D eigenvalue weighted by Crippen LogP contribution is -2.39. The summed E-state index contributed by atoms with van der Waals surface area (Å²) in [6, 6.07) is 17.5. The first-order chi connectivity index (χ1) is 20.4. The minimum Gasteiger partial charge on any atom is -0.481 e. The number of rotatable bonds is 10. The molecule has 4 aromatic rings. The minimum absolute atomic E-state index is 0.0411. The second-order valence-electron chi connectivity index (χ2n) is 10.7. The molecule has 0 bridgehead atoms. The average molecular weight is 585 g/mol. The molecule has 2 amide bonds. The summed E-state index contributed by atoms with van der Waals surface area (Å²) in [5, 5.41) is 11.8. The summed E-state index contributed by atoms with van der Waals surface area (Å²) in [6.07, 6.45) is 4.65. The lowest BCUT2D eigenvalue weighted by atomic mass is 9.94. The summed E-state index contributed by atoms with van der Waals surface area (Å²) in [5.41, 5.74) is 3.43. The van der Waals surface area contributed by atoms with E-state index in [9.17, 15) is 23.9 Å². The molecule has 2 aromatic heterocycles. The molecule has 1 saturated carbocycles. The van der Waals surface area contributed by atoms with Crippen LogP contribution in [0.3, 0.4) is 0 Å². The van der Waals surface area contributed by atoms with Crippen LogP contribution in [0.4, 0.5) is 15.3 Å². The van der Waals surface area contributed by atoms with Gasteiger partial charge >= 0.3 is 5.97 Å². The van der Waals surface area contributed by atoms with Gasteiger partial charge in [-0.05, 0) is 61.1 Å². The Bertz CT molecular complexity index is 1620. The van der Waals surface area contributed by atoms with Crippen LogP contribution in [0.25, 0.3) is 22.4 Å². The molecular weight excluding hydrogens is 555 g/mol. The quantitative estimate of drug-likeness (QED) is 0.247. The number of carbonyl (C=O) groups excluding carboxylic acids is 2. The van der Waals surface area contributed by atoms with Gasteiger partial charge in [-0.15, -0.1) is 11.3 Å². The number of carboxylic acids is 1. The number of hydrogen-bond donors (Lipinski definition) is 1. The fourth-order valence-corrected chi connectivity index (χ4v) is 6.29. The van der Waals surface area contributed by atoms with Gasteiger partial charge in [0, 0.05) is 41.7 Å². The Morgan fingerprint density at radius 1 is 1.10 bits per heavy atom. The zero-order chi connectivity index (χ0) is 29.2. The monoisotopic (exact) mass is 584 g/mol. The molecule has 2 aromatic carbocycles. The number of anilines is 2. The Balaban J connectivity index is 1.30. The fourth-order valence-electron chi connectivity index (χ4n) is 5.39. The van der Waals surface area contributed by atoms with Crippen molar-refractivity contribution in [2.24, 2.45) is 5.92 Å². The highest BCUT2D eigenvalue weighted by Crippen LogP contribution is 2.40. The highest BCUT2D eigenvalue weighted by atomic mass is 32.1. The van der Waals surface area contributed by atoms with Crippen molar-refractivity contribution >= 4 is 40.1 Å². The van der Waals surface area contributed by atoms with Gasteiger partial charge in [0.15, 0.2) is 5.13 Å². The van der Waals surface area contributed by atoms with Crippen LogP contribution in [0, 0.1) is 11.7 Å². The number of hydrogen-bond acceptors (Lipinski definition) is 6. The summed E-state index contributed by atoms with van der Waals surface area (Å²) in [6.45, 7) is 0.642. The molecule has 1 atom stereocenters. The Morgan fingerprint density at radius 2 is 1.90 bits per heavy atom. The maximum absolute atomic E-state index is 14.5. The SMILES string of the molecule is O=C(O)C[C@@H](Cc1ccccc1)C(=O)N(c1nc(-c2cc(F)ccc2-c2ccc(N3CCCC3=O)nc2)cs1)C1CC1. The van der Waals surface area contributed by atoms with Gasteiger partial charge in [-0.25, -0.2) is 14.4 Å². The van der Waals surface area contributed by atoms with Crippen LogP contribution in [0.2, 0.25) is 0 Å². The van der Waals surface area contributed by atoms with E-state index in [2.05, 4.69) is 4.98 Å². The van der Waals surface area contributed by atoms with E-state index in [1.54, 1.807) is 33.5 Å². The standard InChI is InChI=1S/C32H29FN4O4S/c33-23-9-12-25(21-8-13-28(34-18-21)36-14-4-7-29(36)38)26(17-23)27-19-42-32(35-27)37(24-10-11-24)31(41)22(16-30(39)40)15-20-5-2-1-3-6-20/h1-3,5-6,8-9,12-13,17-19,22,24H,4,7,10-11,14-16H2,(H,39,40)/t22-/m1/s1. The molecule has 1 saturated heterocycles. The first-order valence-electron chi connectivity index (χ1n) is 14.0. The van der Waals surface area contributed by atoms with Crippen molar-refractivity contribution in [3.05, 3.63) is 83.6 Å². The van der Waals surface area contributed by atoms with Crippen LogP contribution in [0.1, 0.15) is 37.7 Å². The van der Waals surface area contributed by atoms with Gasteiger partial charge in [0.2, 0.25) is 11.8 Å². The molecule has 0 radical (unpaired) electrons. The Labute approximate surface area is 246 Å². The highest BCUT2D eigenvalue weighted by Gasteiger charge is 2.39. The lowest BCUT2D eigenvalue weighted by molar-refractivity contribution is -0.140. The molecule has 6 rings (SSSR count). The number of aromatic nitrogens is 2. The number of carbonyl (C=O) groups is 3. The topological polar surface area (TPSA) is 104 Å². The Morgan fingerprint density at radius 3 is 2.57 bits per heavy atom. The van der Waals surface area contributed by atoms with Gasteiger partial charge in [-0.2, -0.15) is 0 Å². The van der Waals surface area contributed by atoms with Crippen LogP contribution in [-0.2, 0) is 20.8 Å². The molecule has 10 heteroatoms. The predicted molar refractivity (Wildman–Crippen MR) is 159 cm³/mol. The van der Waals surface area contributed by atoms with Crippen LogP contribution in [-0.4, -0.2) is 45.4 Å². The second-order valence-corrected chi connectivity index (χ2v) is 11.5. The van der Waals surface area contributed by atoms with E-state index in [0.29, 0.717) is 41.6 Å². The molecule has 0 spiro atoms. The van der Waals surface area contributed by atoms with E-state index in [4.69, 9.17) is 4.98 Å². The van der Waals surface area contributed by atoms with Crippen LogP contribution in [0.15, 0.2) is 72.2 Å². The van der Waals surface area contributed by atoms with E-state index < -0.39 is 17.7 Å². The van der Waals surface area contributed by atoms with E-state index >= 15 is 0 Å². The van der Waals surface area contributed by atoms with Gasteiger partial charge in [-0.3, -0.25) is 24.2 Å². The largest absolute Gasteiger partial charge is 0.481 e. The number of nitrogens with zero attached hydrogens (tertiary/aromatic N) is 4. The third-order valence-electron chi connectivity index (χ3n) is 7.61. The average Bonchev–Trinajstić information content (AvgIpc) is 3.53. The van der Waals surface area contributed by atoms with Crippen molar-refractivity contribution in [2.45, 2.75) is 44.6 Å². The first-order valence-corrected chi connectivity index (χ1v) is 14.9. The summed E-state index contributed by atoms with van der Waals surface area (Å²) in [5.74, 6) is -1.81. The van der Waals surface area contributed by atoms with Crippen molar-refractivity contribution in [3.8, 4) is 22.4 Å². The first kappa shape index (κ1) is 27.7. The summed E-state index contributed by atoms with van der Waals surface area (Å²) >= 11 is 1.29. The maximum Gasteiger partial charge on any atom is 0.304 e. The number of pyridine rings is 1. The zero-order valence-corrected chi connectivity index (χ0v) is 23.6. The number of amides is 2. The summed E-state index contributed by atoms with van der Waals surface area (Å²) < 4.78 is 14.5. The fraction of sp³-hybridized carbons (Fsp3) is 0.281. The molecule has 3 heterocycles. The molecular formula is C32H29FN4O4S. The van der Waals surface area contributed by atoms with E-state index in [1.807, 2.05) is 36.4 Å². The molecule has 8 nitrogen and oxygen atoms in total. The van der Waals surface area contributed by atoms with Crippen molar-refractivity contribution < 1.29 is 23.9 Å². The van der Waals surface area contributed by atoms with Crippen LogP contribution in [0.5, 0.6) is 0 Å². The second kappa shape index (κ2) is 11.8. The van der Waals surface area contributed by atoms with Crippen LogP contribution >= 0.6 is 11.3 Å². The van der Waals surface area contributed by atoms with Crippen molar-refractivity contribution in [3.63, 3.8) is 0 Å². The number of halogens is 1. The van der Waals surface area contributed by atoms with E-state index in [-0.39, 0.29) is 24.3 Å². The summed E-state index contributed by atoms with van der Waals surface area (Å²) in [4.78, 5) is 50.3. The third kappa shape index (κ3) is 5.94. The van der Waals surface area contributed by atoms with Crippen molar-refractivity contribution in [1.29, 1.82) is 0 Å². The molecule has 1 aliphatic heterocycles. The lowest BCUT2D eigenvalue weighted by Gasteiger charge is -2.25. The van der Waals surface area contributed by atoms with Crippen molar-refractivity contribution in [2.75, 3.05) is 16.3 Å². The molecule has 1 aliphatic carbocycles. The normalized spacial score (nSPS) is 15.5. The third-order valence-corrected chi connectivity index (χ3v) is 8.45. The molecule has 42 heavy (non-hydrogen) atoms. The number of benzene rings is 2. The highest BCUT2D eigenvalue weighted by molar-refractivity contribution is 7.14. The number of carboxylic acid groups (broad SMARTS) is 1. The van der Waals surface area contributed by atoms with Gasteiger partial charge in [-0.1, -0.05) is 36.4 Å². The minimum atomic E-state index is -1.03. The smallest absolute Gasteiger partial charge is 0.304 e. The van der Waals surface area contributed by atoms with Gasteiger partial charge in [0.25, 0.3) is 0 Å². The Hall–Kier alpha value is -4.44. The molecule has 1 N–H and O–H groups in total. The summed E-state index contributed by atoms with van der Waals surface area (Å²) in [7, 11) is 0. The molecule has 214 valence electrons. The van der Waals surface area contributed by atoms with Gasteiger partial charge in [0.05, 0.1) is 18.0 Å². The van der Waals surface area contributed by atoms with Gasteiger partial charge < -0.3 is 5.11 Å². The zero-order valence-electron chi connectivity index (χ0n) is 22.8. The van der Waals surface area contributed by atoms with Crippen LogP contribution < -0.4 is 9.80 Å².